The van der Waals surface area contributed by atoms with E-state index in [1.54, 1.807) is 0 Å². The number of halogens is 1. The Kier molecular flexibility index (Phi) is 2.33. The van der Waals surface area contributed by atoms with Crippen LogP contribution in [0.5, 0.6) is 0 Å². The van der Waals surface area contributed by atoms with Crippen molar-refractivity contribution >= 4 is 26.8 Å². The molecule has 0 atom stereocenters. The number of nitrogens with zero attached hydrogens (tertiary/aromatic N) is 2. The van der Waals surface area contributed by atoms with Crippen molar-refractivity contribution in [1.82, 2.24) is 4.57 Å². The molecule has 0 unspecified atom stereocenters. The Morgan fingerprint density at radius 3 is 2.89 bits per heavy atom. The van der Waals surface area contributed by atoms with Crippen LogP contribution in [-0.4, -0.2) is 17.8 Å². The number of ether oxygens (including phenoxy) is 1. The first-order valence-electron chi connectivity index (χ1n) is 6.54. The summed E-state index contributed by atoms with van der Waals surface area (Å²) in [6, 6.07) is 6.83. The number of hydrogen-bond donors (Lipinski definition) is 0. The molecule has 1 aromatic heterocycles. The Morgan fingerprint density at radius 2 is 2.21 bits per heavy atom. The maximum Gasteiger partial charge on any atom is 0.129 e. The van der Waals surface area contributed by atoms with Gasteiger partial charge in [-0.2, -0.15) is 5.26 Å². The average molecular weight is 317 g/mol. The third-order valence-electron chi connectivity index (χ3n) is 4.31. The van der Waals surface area contributed by atoms with Crippen molar-refractivity contribution in [1.29, 1.82) is 5.26 Å². The van der Waals surface area contributed by atoms with Gasteiger partial charge in [-0.3, -0.25) is 0 Å². The van der Waals surface area contributed by atoms with Gasteiger partial charge >= 0.3 is 0 Å². The van der Waals surface area contributed by atoms with Crippen LogP contribution >= 0.6 is 15.9 Å². The Balaban J connectivity index is 2.01. The highest BCUT2D eigenvalue weighted by Crippen LogP contribution is 2.39. The van der Waals surface area contributed by atoms with E-state index in [1.165, 1.54) is 22.9 Å². The molecule has 1 saturated heterocycles. The van der Waals surface area contributed by atoms with E-state index < -0.39 is 5.41 Å². The van der Waals surface area contributed by atoms with Gasteiger partial charge in [0.1, 0.15) is 5.41 Å². The fourth-order valence-electron chi connectivity index (χ4n) is 3.17. The van der Waals surface area contributed by atoms with Crippen molar-refractivity contribution in [3.05, 3.63) is 33.9 Å². The number of nitriles is 1. The normalized spacial score (nSPS) is 20.0. The van der Waals surface area contributed by atoms with Crippen LogP contribution in [0.2, 0.25) is 0 Å². The molecule has 96 valence electrons. The smallest absolute Gasteiger partial charge is 0.129 e. The molecule has 0 amide bonds. The van der Waals surface area contributed by atoms with Crippen LogP contribution < -0.4 is 0 Å². The minimum absolute atomic E-state index is 0.427. The van der Waals surface area contributed by atoms with Gasteiger partial charge in [-0.1, -0.05) is 6.07 Å². The largest absolute Gasteiger partial charge is 0.377 e. The first-order valence-corrected chi connectivity index (χ1v) is 7.34. The van der Waals surface area contributed by atoms with Crippen LogP contribution in [0.4, 0.5) is 0 Å². The SMILES string of the molecule is N#CC1(c2cc3c4c(c2)c(Br)cn4CCC3)COC1. The number of aromatic nitrogens is 1. The van der Waals surface area contributed by atoms with E-state index in [2.05, 4.69) is 44.9 Å². The van der Waals surface area contributed by atoms with Gasteiger partial charge in [0.15, 0.2) is 0 Å². The molecule has 19 heavy (non-hydrogen) atoms. The Morgan fingerprint density at radius 1 is 1.37 bits per heavy atom. The quantitative estimate of drug-likeness (QED) is 0.810. The van der Waals surface area contributed by atoms with Gasteiger partial charge in [-0.25, -0.2) is 0 Å². The summed E-state index contributed by atoms with van der Waals surface area (Å²) in [4.78, 5) is 0. The molecule has 0 aliphatic carbocycles. The van der Waals surface area contributed by atoms with Gasteiger partial charge in [-0.05, 0) is 46.0 Å². The highest BCUT2D eigenvalue weighted by atomic mass is 79.9. The van der Waals surface area contributed by atoms with E-state index in [9.17, 15) is 5.26 Å². The zero-order chi connectivity index (χ0) is 13.0. The Hall–Kier alpha value is -1.31. The Labute approximate surface area is 119 Å². The topological polar surface area (TPSA) is 38.0 Å². The minimum atomic E-state index is -0.427. The van der Waals surface area contributed by atoms with E-state index in [4.69, 9.17) is 4.74 Å². The van der Waals surface area contributed by atoms with Gasteiger partial charge in [0, 0.05) is 22.6 Å². The van der Waals surface area contributed by atoms with Gasteiger partial charge < -0.3 is 9.30 Å². The van der Waals surface area contributed by atoms with Crippen molar-refractivity contribution in [2.24, 2.45) is 0 Å². The van der Waals surface area contributed by atoms with Crippen LogP contribution in [-0.2, 0) is 23.1 Å². The molecule has 0 spiro atoms. The van der Waals surface area contributed by atoms with Gasteiger partial charge in [0.2, 0.25) is 0 Å². The maximum atomic E-state index is 9.47. The number of rotatable bonds is 1. The van der Waals surface area contributed by atoms with Crippen molar-refractivity contribution in [3.63, 3.8) is 0 Å². The van der Waals surface area contributed by atoms with E-state index in [0.29, 0.717) is 13.2 Å². The minimum Gasteiger partial charge on any atom is -0.377 e. The molecule has 0 N–H and O–H groups in total. The second kappa shape index (κ2) is 3.84. The molecule has 0 saturated carbocycles. The molecule has 2 aromatic rings. The zero-order valence-electron chi connectivity index (χ0n) is 10.4. The molecule has 0 bridgehead atoms. The summed E-state index contributed by atoms with van der Waals surface area (Å²) in [5.41, 5.74) is 3.38. The van der Waals surface area contributed by atoms with Crippen LogP contribution in [0.25, 0.3) is 10.9 Å². The lowest BCUT2D eigenvalue weighted by Gasteiger charge is -2.36. The highest BCUT2D eigenvalue weighted by molar-refractivity contribution is 9.10. The monoisotopic (exact) mass is 316 g/mol. The predicted molar refractivity (Wildman–Crippen MR) is 76.1 cm³/mol. The van der Waals surface area contributed by atoms with Crippen molar-refractivity contribution in [2.75, 3.05) is 13.2 Å². The fourth-order valence-corrected chi connectivity index (χ4v) is 3.72. The average Bonchev–Trinajstić information content (AvgIpc) is 2.68. The molecule has 3 nitrogen and oxygen atoms in total. The van der Waals surface area contributed by atoms with Crippen molar-refractivity contribution < 1.29 is 4.74 Å². The molecular weight excluding hydrogens is 304 g/mol. The summed E-state index contributed by atoms with van der Waals surface area (Å²) in [6.07, 6.45) is 4.43. The molecule has 0 radical (unpaired) electrons. The summed E-state index contributed by atoms with van der Waals surface area (Å²) < 4.78 is 8.72. The fraction of sp³-hybridized carbons (Fsp3) is 0.400. The van der Waals surface area contributed by atoms with E-state index in [1.807, 2.05) is 0 Å². The molecule has 2 aliphatic heterocycles. The summed E-state index contributed by atoms with van der Waals surface area (Å²) >= 11 is 3.65. The number of aryl methyl sites for hydroxylation is 2. The standard InChI is InChI=1S/C15H13BrN2O/c16-13-6-18-3-1-2-10-4-11(5-12(13)14(10)18)15(7-17)8-19-9-15/h4-6H,1-3,8-9H2. The highest BCUT2D eigenvalue weighted by Gasteiger charge is 2.41. The van der Waals surface area contributed by atoms with Gasteiger partial charge in [0.25, 0.3) is 0 Å². The lowest BCUT2D eigenvalue weighted by molar-refractivity contribution is -0.0297. The van der Waals surface area contributed by atoms with Crippen molar-refractivity contribution in [2.45, 2.75) is 24.8 Å². The molecule has 3 heterocycles. The summed E-state index contributed by atoms with van der Waals surface area (Å²) in [6.45, 7) is 2.13. The third kappa shape index (κ3) is 1.46. The molecule has 1 aromatic carbocycles. The van der Waals surface area contributed by atoms with E-state index >= 15 is 0 Å². The first-order chi connectivity index (χ1) is 9.23. The maximum absolute atomic E-state index is 9.47. The van der Waals surface area contributed by atoms with Gasteiger partial charge in [-0.15, -0.1) is 0 Å². The first kappa shape index (κ1) is 11.5. The van der Waals surface area contributed by atoms with E-state index in [0.717, 1.165) is 23.0 Å². The Bertz CT molecular complexity index is 722. The lowest BCUT2D eigenvalue weighted by atomic mass is 9.78. The van der Waals surface area contributed by atoms with Crippen LogP contribution in [0.1, 0.15) is 17.5 Å². The molecule has 2 aliphatic rings. The van der Waals surface area contributed by atoms with Crippen LogP contribution in [0.15, 0.2) is 22.8 Å². The summed E-state index contributed by atoms with van der Waals surface area (Å²) in [5, 5.41) is 10.7. The number of benzene rings is 1. The van der Waals surface area contributed by atoms with E-state index in [-0.39, 0.29) is 0 Å². The lowest BCUT2D eigenvalue weighted by Crippen LogP contribution is -2.45. The zero-order valence-corrected chi connectivity index (χ0v) is 12.0. The molecule has 4 heteroatoms. The third-order valence-corrected chi connectivity index (χ3v) is 4.94. The van der Waals surface area contributed by atoms with Gasteiger partial charge in [0.05, 0.1) is 24.8 Å². The predicted octanol–water partition coefficient (Wildman–Crippen LogP) is 3.14. The van der Waals surface area contributed by atoms with Crippen molar-refractivity contribution in [3.8, 4) is 6.07 Å². The van der Waals surface area contributed by atoms with Crippen LogP contribution in [0, 0.1) is 11.3 Å². The molecule has 4 rings (SSSR count). The summed E-state index contributed by atoms with van der Waals surface area (Å²) in [7, 11) is 0. The van der Waals surface area contributed by atoms with Crippen LogP contribution in [0.3, 0.4) is 0 Å². The molecule has 1 fully saturated rings. The second-order valence-electron chi connectivity index (χ2n) is 5.49. The number of hydrogen-bond acceptors (Lipinski definition) is 2. The molecular formula is C15H13BrN2O. The second-order valence-corrected chi connectivity index (χ2v) is 6.35. The summed E-state index contributed by atoms with van der Waals surface area (Å²) in [5.74, 6) is 0.